The van der Waals surface area contributed by atoms with E-state index in [0.717, 1.165) is 0 Å². The van der Waals surface area contributed by atoms with E-state index in [4.69, 9.17) is 0 Å². The molecular weight excluding hydrogens is 291 g/mol. The molecule has 0 N–H and O–H groups in total. The molecule has 0 bridgehead atoms. The Morgan fingerprint density at radius 2 is 1.15 bits per heavy atom. The average molecular weight is 319 g/mol. The molecule has 0 radical (unpaired) electrons. The maximum absolute atomic E-state index is 2.50. The van der Waals surface area contributed by atoms with Gasteiger partial charge in [-0.2, -0.15) is 0 Å². The minimum absolute atomic E-state index is 0.0787. The lowest BCUT2D eigenvalue weighted by Gasteiger charge is -2.24. The average Bonchev–Trinajstić information content (AvgIpc) is 2.73. The Kier molecular flexibility index (Phi) is 4.48. The molecule has 20 heavy (non-hydrogen) atoms. The molecule has 0 saturated heterocycles. The van der Waals surface area contributed by atoms with Crippen molar-refractivity contribution in [2.24, 2.45) is 0 Å². The molecule has 0 aliphatic carbocycles. The normalized spacial score (nSPS) is 12.7. The molecule has 108 valence electrons. The molecule has 0 saturated carbocycles. The van der Waals surface area contributed by atoms with Crippen molar-refractivity contribution in [2.45, 2.75) is 45.4 Å². The van der Waals surface area contributed by atoms with Gasteiger partial charge in [-0.25, -0.2) is 0 Å². The molecule has 1 aromatic carbocycles. The first-order valence-electron chi connectivity index (χ1n) is 7.44. The van der Waals surface area contributed by atoms with E-state index in [1.165, 1.54) is 11.7 Å². The Hall–Kier alpha value is -0.566. The van der Waals surface area contributed by atoms with Gasteiger partial charge in [0.1, 0.15) is 0 Å². The lowest BCUT2D eigenvalue weighted by Crippen LogP contribution is -2.39. The van der Waals surface area contributed by atoms with Gasteiger partial charge in [0.15, 0.2) is 0 Å². The zero-order valence-electron chi connectivity index (χ0n) is 13.7. The van der Waals surface area contributed by atoms with E-state index in [0.29, 0.717) is 0 Å². The Balaban J connectivity index is 2.50. The van der Waals surface area contributed by atoms with Crippen molar-refractivity contribution < 1.29 is 0 Å². The second-order valence-corrected chi connectivity index (χ2v) is 20.7. The SMILES string of the molecule is C[Si](C)(C)c1ccc([Si](C)(C)C)p1Cc1ccccc1. The highest BCUT2D eigenvalue weighted by molar-refractivity contribution is 7.64. The summed E-state index contributed by atoms with van der Waals surface area (Å²) in [5.74, 6) is 0. The van der Waals surface area contributed by atoms with E-state index in [-0.39, 0.29) is 7.53 Å². The summed E-state index contributed by atoms with van der Waals surface area (Å²) < 4.78 is 0. The minimum Gasteiger partial charge on any atom is -0.122 e. The van der Waals surface area contributed by atoms with Crippen LogP contribution in [0.3, 0.4) is 0 Å². The Bertz CT molecular complexity index is 540. The highest BCUT2D eigenvalue weighted by atomic mass is 31.1. The molecular formula is C17H27PSi2. The van der Waals surface area contributed by atoms with Crippen molar-refractivity contribution in [3.8, 4) is 0 Å². The second kappa shape index (κ2) is 5.67. The number of benzene rings is 1. The monoisotopic (exact) mass is 318 g/mol. The molecule has 0 unspecified atom stereocenters. The van der Waals surface area contributed by atoms with Crippen LogP contribution in [0.5, 0.6) is 0 Å². The van der Waals surface area contributed by atoms with Crippen LogP contribution in [0.4, 0.5) is 0 Å². The van der Waals surface area contributed by atoms with Gasteiger partial charge in [0.05, 0.1) is 16.1 Å². The highest BCUT2D eigenvalue weighted by Crippen LogP contribution is 2.32. The van der Waals surface area contributed by atoms with Crippen LogP contribution >= 0.6 is 7.53 Å². The van der Waals surface area contributed by atoms with E-state index in [1.807, 2.05) is 9.84 Å². The molecule has 2 rings (SSSR count). The zero-order valence-corrected chi connectivity index (χ0v) is 16.6. The third-order valence-electron chi connectivity index (χ3n) is 3.70. The first-order valence-corrected chi connectivity index (χ1v) is 16.0. The smallest absolute Gasteiger partial charge is 0.0826 e. The Morgan fingerprint density at radius 1 is 0.700 bits per heavy atom. The minimum atomic E-state index is -1.20. The second-order valence-electron chi connectivity index (χ2n) is 7.68. The summed E-state index contributed by atoms with van der Waals surface area (Å²) in [7, 11) is -2.48. The molecule has 0 fully saturated rings. The summed E-state index contributed by atoms with van der Waals surface area (Å²) in [4.78, 5) is 3.63. The largest absolute Gasteiger partial charge is 0.122 e. The Morgan fingerprint density at radius 3 is 1.55 bits per heavy atom. The molecule has 0 atom stereocenters. The van der Waals surface area contributed by atoms with Crippen LogP contribution in [-0.2, 0) is 6.16 Å². The summed E-state index contributed by atoms with van der Waals surface area (Å²) in [6.07, 6.45) is 1.25. The molecule has 1 heterocycles. The fourth-order valence-electron chi connectivity index (χ4n) is 2.71. The highest BCUT2D eigenvalue weighted by Gasteiger charge is 2.28. The first-order chi connectivity index (χ1) is 9.19. The van der Waals surface area contributed by atoms with Gasteiger partial charge in [-0.05, 0) is 15.4 Å². The van der Waals surface area contributed by atoms with E-state index in [2.05, 4.69) is 81.7 Å². The maximum Gasteiger partial charge on any atom is 0.0826 e. The van der Waals surface area contributed by atoms with Gasteiger partial charge in [-0.3, -0.25) is 0 Å². The van der Waals surface area contributed by atoms with E-state index < -0.39 is 16.1 Å². The van der Waals surface area contributed by atoms with Gasteiger partial charge in [-0.15, -0.1) is 7.53 Å². The van der Waals surface area contributed by atoms with Crippen LogP contribution in [0, 0.1) is 0 Å². The lowest BCUT2D eigenvalue weighted by molar-refractivity contribution is 1.41. The third-order valence-corrected chi connectivity index (χ3v) is 14.9. The third kappa shape index (κ3) is 3.55. The maximum atomic E-state index is 2.50. The van der Waals surface area contributed by atoms with Gasteiger partial charge in [0, 0.05) is 6.16 Å². The van der Waals surface area contributed by atoms with E-state index in [9.17, 15) is 0 Å². The van der Waals surface area contributed by atoms with Crippen LogP contribution in [0.15, 0.2) is 42.5 Å². The van der Waals surface area contributed by atoms with Crippen LogP contribution < -0.4 is 9.84 Å². The summed E-state index contributed by atoms with van der Waals surface area (Å²) in [6, 6.07) is 16.1. The number of hydrogen-bond donors (Lipinski definition) is 0. The molecule has 0 nitrogen and oxygen atoms in total. The summed E-state index contributed by atoms with van der Waals surface area (Å²) in [5.41, 5.74) is 1.51. The quantitative estimate of drug-likeness (QED) is 0.710. The number of rotatable bonds is 4. The van der Waals surface area contributed by atoms with Crippen molar-refractivity contribution in [3.63, 3.8) is 0 Å². The molecule has 1 aromatic heterocycles. The molecule has 0 amide bonds. The van der Waals surface area contributed by atoms with Crippen molar-refractivity contribution >= 4 is 33.5 Å². The molecule has 3 heteroatoms. The fourth-order valence-corrected chi connectivity index (χ4v) is 13.6. The summed E-state index contributed by atoms with van der Waals surface area (Å²) >= 11 is 0. The number of hydrogen-bond acceptors (Lipinski definition) is 0. The van der Waals surface area contributed by atoms with Crippen molar-refractivity contribution in [1.29, 1.82) is 0 Å². The molecule has 0 spiro atoms. The van der Waals surface area contributed by atoms with Crippen molar-refractivity contribution in [2.75, 3.05) is 0 Å². The fraction of sp³-hybridized carbons (Fsp3) is 0.412. The van der Waals surface area contributed by atoms with Crippen molar-refractivity contribution in [3.05, 3.63) is 48.0 Å². The van der Waals surface area contributed by atoms with Crippen LogP contribution in [0.2, 0.25) is 39.3 Å². The topological polar surface area (TPSA) is 0 Å². The van der Waals surface area contributed by atoms with Gasteiger partial charge >= 0.3 is 0 Å². The lowest BCUT2D eigenvalue weighted by atomic mass is 10.2. The predicted molar refractivity (Wildman–Crippen MR) is 101 cm³/mol. The van der Waals surface area contributed by atoms with E-state index in [1.54, 1.807) is 0 Å². The molecule has 0 aliphatic heterocycles. The van der Waals surface area contributed by atoms with Gasteiger partial charge in [-0.1, -0.05) is 81.7 Å². The first kappa shape index (κ1) is 15.8. The molecule has 0 aliphatic rings. The Labute approximate surface area is 127 Å². The van der Waals surface area contributed by atoms with Crippen molar-refractivity contribution in [1.82, 2.24) is 0 Å². The van der Waals surface area contributed by atoms with Crippen LogP contribution in [0.25, 0.3) is 0 Å². The van der Waals surface area contributed by atoms with Crippen LogP contribution in [0.1, 0.15) is 5.56 Å². The standard InChI is InChI=1S/C17H27PSi2/c1-19(2,3)16-12-13-17(20(4,5)6)18(16)14-15-10-8-7-9-11-15/h7-13H,14H2,1-6H3. The summed E-state index contributed by atoms with van der Waals surface area (Å²) in [5, 5.41) is 0. The van der Waals surface area contributed by atoms with Gasteiger partial charge in [0.2, 0.25) is 0 Å². The predicted octanol–water partition coefficient (Wildman–Crippen LogP) is 4.81. The van der Waals surface area contributed by atoms with Crippen LogP contribution in [-0.4, -0.2) is 16.1 Å². The molecule has 2 aromatic rings. The van der Waals surface area contributed by atoms with E-state index >= 15 is 0 Å². The summed E-state index contributed by atoms with van der Waals surface area (Å²) in [6.45, 7) is 15.0. The van der Waals surface area contributed by atoms with Gasteiger partial charge in [0.25, 0.3) is 0 Å². The zero-order chi connectivity index (χ0) is 15.0. The van der Waals surface area contributed by atoms with Gasteiger partial charge < -0.3 is 0 Å².